The Hall–Kier alpha value is -1.85. The van der Waals surface area contributed by atoms with Crippen molar-refractivity contribution >= 4 is 17.5 Å². The summed E-state index contributed by atoms with van der Waals surface area (Å²) in [5.41, 5.74) is 2.03. The number of nitrogens with one attached hydrogen (secondary N) is 1. The topological polar surface area (TPSA) is 69.2 Å². The molecule has 0 spiro atoms. The number of aromatic amines is 1. The first kappa shape index (κ1) is 13.1. The van der Waals surface area contributed by atoms with Gasteiger partial charge in [-0.05, 0) is 24.6 Å². The van der Waals surface area contributed by atoms with Gasteiger partial charge < -0.3 is 10.0 Å². The Kier molecular flexibility index (Phi) is 3.46. The van der Waals surface area contributed by atoms with Gasteiger partial charge in [0.25, 0.3) is 5.91 Å². The summed E-state index contributed by atoms with van der Waals surface area (Å²) in [7, 11) is 0. The van der Waals surface area contributed by atoms with Crippen molar-refractivity contribution in [2.24, 2.45) is 0 Å². The second-order valence-corrected chi connectivity index (χ2v) is 5.30. The number of β-amino-alcohol motifs (C(OH)–C–C–N with tert-alkyl or cyclic N) is 1. The summed E-state index contributed by atoms with van der Waals surface area (Å²) in [5.74, 6) is -0.130. The highest BCUT2D eigenvalue weighted by molar-refractivity contribution is 6.30. The molecule has 1 aliphatic heterocycles. The third-order valence-corrected chi connectivity index (χ3v) is 3.65. The van der Waals surface area contributed by atoms with E-state index in [2.05, 4.69) is 10.2 Å². The van der Waals surface area contributed by atoms with Crippen molar-refractivity contribution in [3.05, 3.63) is 41.0 Å². The van der Waals surface area contributed by atoms with Gasteiger partial charge in [-0.25, -0.2) is 0 Å². The summed E-state index contributed by atoms with van der Waals surface area (Å²) in [6.07, 6.45) is 0.210. The molecular weight excluding hydrogens is 278 g/mol. The number of carbonyl (C=O) groups excluding carboxylic acids is 1. The first-order valence-electron chi connectivity index (χ1n) is 6.42. The maximum Gasteiger partial charge on any atom is 0.271 e. The second-order valence-electron chi connectivity index (χ2n) is 4.87. The number of nitrogens with zero attached hydrogens (tertiary/aromatic N) is 2. The average Bonchev–Trinajstić information content (AvgIpc) is 3.08. The fourth-order valence-electron chi connectivity index (χ4n) is 2.30. The largest absolute Gasteiger partial charge is 0.391 e. The highest BCUT2D eigenvalue weighted by atomic mass is 35.5. The molecule has 2 heterocycles. The summed E-state index contributed by atoms with van der Waals surface area (Å²) in [6.45, 7) is 0.962. The van der Waals surface area contributed by atoms with E-state index in [4.69, 9.17) is 11.6 Å². The van der Waals surface area contributed by atoms with Crippen LogP contribution in [0, 0.1) is 0 Å². The van der Waals surface area contributed by atoms with Gasteiger partial charge >= 0.3 is 0 Å². The number of halogens is 1. The molecular formula is C14H14ClN3O2. The number of likely N-dealkylation sites (tertiary alicyclic amines) is 1. The number of aromatic nitrogens is 2. The van der Waals surface area contributed by atoms with Crippen molar-refractivity contribution in [2.45, 2.75) is 12.5 Å². The Labute approximate surface area is 121 Å². The lowest BCUT2D eigenvalue weighted by atomic mass is 10.1. The minimum absolute atomic E-state index is 0.130. The Morgan fingerprint density at radius 3 is 2.80 bits per heavy atom. The molecule has 1 atom stereocenters. The Balaban J connectivity index is 1.79. The summed E-state index contributed by atoms with van der Waals surface area (Å²) in [5, 5.41) is 17.0. The standard InChI is InChI=1S/C14H14ClN3O2/c15-10-3-1-9(2-4-10)12-7-13(17-16-12)14(20)18-6-5-11(19)8-18/h1-4,7,11,19H,5-6,8H2,(H,16,17)/t11-/m1/s1. The van der Waals surface area contributed by atoms with Crippen LogP contribution in [-0.2, 0) is 0 Å². The Morgan fingerprint density at radius 2 is 2.15 bits per heavy atom. The van der Waals surface area contributed by atoms with E-state index >= 15 is 0 Å². The second kappa shape index (κ2) is 5.26. The maximum absolute atomic E-state index is 12.2. The van der Waals surface area contributed by atoms with Gasteiger partial charge in [0, 0.05) is 23.7 Å². The van der Waals surface area contributed by atoms with Gasteiger partial charge in [-0.1, -0.05) is 23.7 Å². The van der Waals surface area contributed by atoms with E-state index in [0.29, 0.717) is 35.9 Å². The molecule has 1 amide bonds. The molecule has 1 fully saturated rings. The molecule has 0 saturated carbocycles. The zero-order chi connectivity index (χ0) is 14.1. The van der Waals surface area contributed by atoms with E-state index < -0.39 is 6.10 Å². The zero-order valence-corrected chi connectivity index (χ0v) is 11.5. The predicted octanol–water partition coefficient (Wildman–Crippen LogP) is 1.94. The zero-order valence-electron chi connectivity index (χ0n) is 10.7. The number of rotatable bonds is 2. The number of amides is 1. The molecule has 0 aliphatic carbocycles. The van der Waals surface area contributed by atoms with Crippen LogP contribution in [0.4, 0.5) is 0 Å². The third-order valence-electron chi connectivity index (χ3n) is 3.40. The van der Waals surface area contributed by atoms with E-state index in [-0.39, 0.29) is 5.91 Å². The molecule has 2 aromatic rings. The number of benzene rings is 1. The van der Waals surface area contributed by atoms with Crippen molar-refractivity contribution in [1.82, 2.24) is 15.1 Å². The van der Waals surface area contributed by atoms with E-state index in [1.54, 1.807) is 23.1 Å². The van der Waals surface area contributed by atoms with Crippen molar-refractivity contribution in [1.29, 1.82) is 0 Å². The molecule has 0 radical (unpaired) electrons. The van der Waals surface area contributed by atoms with Gasteiger partial charge in [-0.3, -0.25) is 9.89 Å². The molecule has 6 heteroatoms. The monoisotopic (exact) mass is 291 g/mol. The molecule has 0 bridgehead atoms. The van der Waals surface area contributed by atoms with Crippen LogP contribution in [0.3, 0.4) is 0 Å². The molecule has 104 valence electrons. The molecule has 2 N–H and O–H groups in total. The highest BCUT2D eigenvalue weighted by Gasteiger charge is 2.26. The maximum atomic E-state index is 12.2. The van der Waals surface area contributed by atoms with Crippen LogP contribution in [-0.4, -0.2) is 45.3 Å². The number of aliphatic hydroxyl groups is 1. The van der Waals surface area contributed by atoms with E-state index in [1.807, 2.05) is 12.1 Å². The molecule has 1 aliphatic rings. The number of hydrogen-bond acceptors (Lipinski definition) is 3. The predicted molar refractivity (Wildman–Crippen MR) is 75.6 cm³/mol. The van der Waals surface area contributed by atoms with Crippen LogP contribution in [0.1, 0.15) is 16.9 Å². The van der Waals surface area contributed by atoms with Gasteiger partial charge in [0.2, 0.25) is 0 Å². The summed E-state index contributed by atoms with van der Waals surface area (Å²) in [6, 6.07) is 8.99. The minimum Gasteiger partial charge on any atom is -0.391 e. The van der Waals surface area contributed by atoms with Crippen molar-refractivity contribution in [2.75, 3.05) is 13.1 Å². The van der Waals surface area contributed by atoms with E-state index in [0.717, 1.165) is 5.56 Å². The quantitative estimate of drug-likeness (QED) is 0.888. The van der Waals surface area contributed by atoms with Crippen molar-refractivity contribution < 1.29 is 9.90 Å². The molecule has 0 unspecified atom stereocenters. The van der Waals surface area contributed by atoms with Gasteiger partial charge in [0.15, 0.2) is 0 Å². The summed E-state index contributed by atoms with van der Waals surface area (Å²) in [4.78, 5) is 13.8. The van der Waals surface area contributed by atoms with Gasteiger partial charge in [-0.15, -0.1) is 0 Å². The van der Waals surface area contributed by atoms with E-state index in [1.165, 1.54) is 0 Å². The molecule has 1 saturated heterocycles. The third kappa shape index (κ3) is 2.55. The summed E-state index contributed by atoms with van der Waals surface area (Å²) >= 11 is 5.84. The van der Waals surface area contributed by atoms with Crippen LogP contribution >= 0.6 is 11.6 Å². The Bertz CT molecular complexity index is 624. The number of H-pyrrole nitrogens is 1. The number of aliphatic hydroxyl groups excluding tert-OH is 1. The summed E-state index contributed by atoms with van der Waals surface area (Å²) < 4.78 is 0. The number of hydrogen-bond donors (Lipinski definition) is 2. The lowest BCUT2D eigenvalue weighted by Crippen LogP contribution is -2.29. The lowest BCUT2D eigenvalue weighted by Gasteiger charge is -2.13. The molecule has 5 nitrogen and oxygen atoms in total. The first-order chi connectivity index (χ1) is 9.63. The first-order valence-corrected chi connectivity index (χ1v) is 6.80. The fourth-order valence-corrected chi connectivity index (χ4v) is 2.42. The lowest BCUT2D eigenvalue weighted by molar-refractivity contribution is 0.0759. The van der Waals surface area contributed by atoms with Crippen molar-refractivity contribution in [3.63, 3.8) is 0 Å². The number of carbonyl (C=O) groups is 1. The SMILES string of the molecule is O=C(c1cc(-c2ccc(Cl)cc2)n[nH]1)N1CC[C@@H](O)C1. The van der Waals surface area contributed by atoms with Crippen LogP contribution < -0.4 is 0 Å². The van der Waals surface area contributed by atoms with Crippen LogP contribution in [0.2, 0.25) is 5.02 Å². The average molecular weight is 292 g/mol. The van der Waals surface area contributed by atoms with Gasteiger partial charge in [0.05, 0.1) is 11.8 Å². The Morgan fingerprint density at radius 1 is 1.40 bits per heavy atom. The van der Waals surface area contributed by atoms with Crippen molar-refractivity contribution in [3.8, 4) is 11.3 Å². The van der Waals surface area contributed by atoms with Gasteiger partial charge in [0.1, 0.15) is 5.69 Å². The molecule has 1 aromatic carbocycles. The smallest absolute Gasteiger partial charge is 0.271 e. The normalized spacial score (nSPS) is 18.5. The molecule has 1 aromatic heterocycles. The highest BCUT2D eigenvalue weighted by Crippen LogP contribution is 2.21. The van der Waals surface area contributed by atoms with Crippen LogP contribution in [0.25, 0.3) is 11.3 Å². The minimum atomic E-state index is -0.419. The van der Waals surface area contributed by atoms with E-state index in [9.17, 15) is 9.90 Å². The van der Waals surface area contributed by atoms with Gasteiger partial charge in [-0.2, -0.15) is 5.10 Å². The molecule has 20 heavy (non-hydrogen) atoms. The van der Waals surface area contributed by atoms with Crippen LogP contribution in [0.5, 0.6) is 0 Å². The van der Waals surface area contributed by atoms with Crippen LogP contribution in [0.15, 0.2) is 30.3 Å². The molecule has 3 rings (SSSR count). The fraction of sp³-hybridized carbons (Fsp3) is 0.286.